The first-order chi connectivity index (χ1) is 9.54. The summed E-state index contributed by atoms with van der Waals surface area (Å²) >= 11 is 0. The molecule has 0 amide bonds. The van der Waals surface area contributed by atoms with E-state index in [1.807, 2.05) is 0 Å². The van der Waals surface area contributed by atoms with Gasteiger partial charge in [-0.1, -0.05) is 0 Å². The average Bonchev–Trinajstić information content (AvgIpc) is 2.99. The van der Waals surface area contributed by atoms with E-state index in [1.165, 1.54) is 17.3 Å². The monoisotopic (exact) mass is 287 g/mol. The third-order valence-electron chi connectivity index (χ3n) is 2.11. The maximum absolute atomic E-state index is 12.9. The molecule has 2 aromatic heterocycles. The van der Waals surface area contributed by atoms with E-state index in [2.05, 4.69) is 35.8 Å². The molecule has 0 aliphatic heterocycles. The minimum atomic E-state index is -3.30. The Bertz CT molecular complexity index is 561. The number of aromatic nitrogens is 6. The Hall–Kier alpha value is -2.47. The van der Waals surface area contributed by atoms with Crippen molar-refractivity contribution in [2.45, 2.75) is 5.92 Å². The van der Waals surface area contributed by atoms with E-state index in [1.54, 1.807) is 0 Å². The highest BCUT2D eigenvalue weighted by Gasteiger charge is 2.27. The summed E-state index contributed by atoms with van der Waals surface area (Å²) < 4.78 is 27.1. The Kier molecular flexibility index (Phi) is 3.95. The van der Waals surface area contributed by atoms with Crippen LogP contribution in [0, 0.1) is 0 Å². The quantitative estimate of drug-likeness (QED) is 0.380. The normalized spacial score (nSPS) is 11.4. The summed E-state index contributed by atoms with van der Waals surface area (Å²) in [5, 5.41) is 14.6. The minimum Gasteiger partial charge on any atom is -0.390 e. The molecule has 0 saturated heterocycles. The van der Waals surface area contributed by atoms with Crippen molar-refractivity contribution in [1.82, 2.24) is 29.7 Å². The largest absolute Gasteiger partial charge is 0.390 e. The predicted molar refractivity (Wildman–Crippen MR) is 63.1 cm³/mol. The fourth-order valence-corrected chi connectivity index (χ4v) is 1.19. The first kappa shape index (κ1) is 14.0. The molecule has 10 nitrogen and oxygen atoms in total. The molecule has 0 unspecified atom stereocenters. The Morgan fingerprint density at radius 3 is 2.65 bits per heavy atom. The van der Waals surface area contributed by atoms with Crippen LogP contribution in [0.1, 0.15) is 0 Å². The van der Waals surface area contributed by atoms with Gasteiger partial charge in [-0.3, -0.25) is 5.43 Å². The highest BCUT2D eigenvalue weighted by atomic mass is 19.3. The standard InChI is InChI=1S/C8H11F2N9O/c9-8(10,2-20)1-13-5-15-6(18-11)17-7(16-5)19-4-12-3-14-19/h3-4,20H,1-2,11H2,(H2,13,15,16,17,18). The van der Waals surface area contributed by atoms with E-state index >= 15 is 0 Å². The maximum Gasteiger partial charge on any atom is 0.287 e. The van der Waals surface area contributed by atoms with Gasteiger partial charge in [-0.15, -0.1) is 0 Å². The van der Waals surface area contributed by atoms with E-state index in [-0.39, 0.29) is 17.8 Å². The lowest BCUT2D eigenvalue weighted by molar-refractivity contribution is -0.0374. The van der Waals surface area contributed by atoms with Crippen molar-refractivity contribution in [2.75, 3.05) is 23.9 Å². The van der Waals surface area contributed by atoms with E-state index in [0.717, 1.165) is 0 Å². The lowest BCUT2D eigenvalue weighted by Gasteiger charge is -2.14. The number of nitrogens with zero attached hydrogens (tertiary/aromatic N) is 6. The fraction of sp³-hybridized carbons (Fsp3) is 0.375. The molecule has 2 heterocycles. The van der Waals surface area contributed by atoms with Gasteiger partial charge < -0.3 is 10.4 Å². The Labute approximate surface area is 111 Å². The molecule has 0 spiro atoms. The van der Waals surface area contributed by atoms with Gasteiger partial charge in [0.1, 0.15) is 19.3 Å². The van der Waals surface area contributed by atoms with Crippen molar-refractivity contribution in [3.63, 3.8) is 0 Å². The van der Waals surface area contributed by atoms with Crippen LogP contribution in [0.2, 0.25) is 0 Å². The number of hydrazine groups is 1. The number of rotatable bonds is 6. The summed E-state index contributed by atoms with van der Waals surface area (Å²) in [6.07, 6.45) is 2.58. The molecule has 0 radical (unpaired) electrons. The Morgan fingerprint density at radius 1 is 1.30 bits per heavy atom. The molecule has 2 rings (SSSR count). The van der Waals surface area contributed by atoms with Crippen LogP contribution in [0.4, 0.5) is 20.7 Å². The summed E-state index contributed by atoms with van der Waals surface area (Å²) in [5.74, 6) is 1.74. The van der Waals surface area contributed by atoms with E-state index in [4.69, 9.17) is 10.9 Å². The van der Waals surface area contributed by atoms with Gasteiger partial charge in [0.25, 0.3) is 11.9 Å². The van der Waals surface area contributed by atoms with Crippen molar-refractivity contribution in [3.05, 3.63) is 12.7 Å². The number of alkyl halides is 2. The fourth-order valence-electron chi connectivity index (χ4n) is 1.19. The highest BCUT2D eigenvalue weighted by Crippen LogP contribution is 2.13. The topological polar surface area (TPSA) is 140 Å². The smallest absolute Gasteiger partial charge is 0.287 e. The summed E-state index contributed by atoms with van der Waals surface area (Å²) in [6, 6.07) is 0. The van der Waals surface area contributed by atoms with Crippen molar-refractivity contribution in [2.24, 2.45) is 5.84 Å². The number of hydrogen-bond donors (Lipinski definition) is 4. The summed E-state index contributed by atoms with van der Waals surface area (Å²) in [7, 11) is 0. The van der Waals surface area contributed by atoms with Crippen molar-refractivity contribution < 1.29 is 13.9 Å². The zero-order valence-electron chi connectivity index (χ0n) is 10.0. The van der Waals surface area contributed by atoms with Crippen LogP contribution in [0.5, 0.6) is 0 Å². The average molecular weight is 287 g/mol. The zero-order valence-corrected chi connectivity index (χ0v) is 10.0. The first-order valence-corrected chi connectivity index (χ1v) is 5.34. The van der Waals surface area contributed by atoms with Gasteiger partial charge in [-0.2, -0.15) is 24.7 Å². The molecule has 0 fully saturated rings. The van der Waals surface area contributed by atoms with Crippen LogP contribution >= 0.6 is 0 Å². The van der Waals surface area contributed by atoms with Crippen LogP contribution in [0.3, 0.4) is 0 Å². The van der Waals surface area contributed by atoms with Crippen molar-refractivity contribution in [3.8, 4) is 5.95 Å². The molecule has 0 bridgehead atoms. The Morgan fingerprint density at radius 2 is 2.05 bits per heavy atom. The van der Waals surface area contributed by atoms with E-state index < -0.39 is 19.1 Å². The number of nitrogens with two attached hydrogens (primary N) is 1. The van der Waals surface area contributed by atoms with Gasteiger partial charge in [0.2, 0.25) is 11.9 Å². The summed E-state index contributed by atoms with van der Waals surface area (Å²) in [6.45, 7) is -2.13. The van der Waals surface area contributed by atoms with E-state index in [0.29, 0.717) is 0 Å². The van der Waals surface area contributed by atoms with Crippen LogP contribution in [-0.4, -0.2) is 53.9 Å². The summed E-state index contributed by atoms with van der Waals surface area (Å²) in [4.78, 5) is 15.2. The number of hydrogen-bond acceptors (Lipinski definition) is 9. The molecular weight excluding hydrogens is 276 g/mol. The molecule has 2 aromatic rings. The van der Waals surface area contributed by atoms with Crippen LogP contribution in [-0.2, 0) is 0 Å². The van der Waals surface area contributed by atoms with Crippen molar-refractivity contribution >= 4 is 11.9 Å². The number of nitrogen functional groups attached to an aromatic ring is 1. The molecule has 0 atom stereocenters. The second-order valence-corrected chi connectivity index (χ2v) is 3.63. The van der Waals surface area contributed by atoms with Gasteiger partial charge in [-0.05, 0) is 0 Å². The number of aliphatic hydroxyl groups is 1. The summed E-state index contributed by atoms with van der Waals surface area (Å²) in [5.41, 5.74) is 2.18. The van der Waals surface area contributed by atoms with E-state index in [9.17, 15) is 8.78 Å². The molecule has 5 N–H and O–H groups in total. The SMILES string of the molecule is NNc1nc(NCC(F)(F)CO)nc(-n2cncn2)n1. The second kappa shape index (κ2) is 5.66. The molecule has 108 valence electrons. The molecule has 0 aliphatic carbocycles. The lowest BCUT2D eigenvalue weighted by atomic mass is 10.3. The van der Waals surface area contributed by atoms with Crippen molar-refractivity contribution in [1.29, 1.82) is 0 Å². The number of aliphatic hydroxyl groups excluding tert-OH is 1. The second-order valence-electron chi connectivity index (χ2n) is 3.63. The van der Waals surface area contributed by atoms with Crippen LogP contribution in [0.15, 0.2) is 12.7 Å². The minimum absolute atomic E-state index is 0.0414. The Balaban J connectivity index is 2.23. The third kappa shape index (κ3) is 3.30. The van der Waals surface area contributed by atoms with Crippen LogP contribution in [0.25, 0.3) is 5.95 Å². The number of anilines is 2. The van der Waals surface area contributed by atoms with Gasteiger partial charge >= 0.3 is 0 Å². The number of halogens is 2. The van der Waals surface area contributed by atoms with Gasteiger partial charge in [-0.25, -0.2) is 19.6 Å². The maximum atomic E-state index is 12.9. The third-order valence-corrected chi connectivity index (χ3v) is 2.11. The molecule has 12 heteroatoms. The molecular formula is C8H11F2N9O. The van der Waals surface area contributed by atoms with Gasteiger partial charge in [0.05, 0.1) is 6.54 Å². The molecule has 0 saturated carbocycles. The van der Waals surface area contributed by atoms with Gasteiger partial charge in [0.15, 0.2) is 0 Å². The number of nitrogens with one attached hydrogen (secondary N) is 2. The predicted octanol–water partition coefficient (Wildman–Crippen LogP) is -1.22. The highest BCUT2D eigenvalue weighted by molar-refractivity contribution is 5.36. The molecule has 20 heavy (non-hydrogen) atoms. The van der Waals surface area contributed by atoms with Gasteiger partial charge in [0, 0.05) is 0 Å². The zero-order chi connectivity index (χ0) is 14.6. The van der Waals surface area contributed by atoms with Crippen LogP contribution < -0.4 is 16.6 Å². The lowest BCUT2D eigenvalue weighted by Crippen LogP contribution is -2.31. The first-order valence-electron chi connectivity index (χ1n) is 5.34. The molecule has 0 aliphatic rings. The molecule has 0 aromatic carbocycles.